The Morgan fingerprint density at radius 2 is 1.22 bits per heavy atom. The van der Waals surface area contributed by atoms with E-state index in [4.69, 9.17) is 5.73 Å². The molecule has 0 spiro atoms. The fourth-order valence-electron chi connectivity index (χ4n) is 3.22. The van der Waals surface area contributed by atoms with Crippen LogP contribution in [0.3, 0.4) is 0 Å². The molecule has 18 heavy (non-hydrogen) atoms. The van der Waals surface area contributed by atoms with Gasteiger partial charge in [0.15, 0.2) is 0 Å². The third-order valence-corrected chi connectivity index (χ3v) is 4.81. The molecule has 0 radical (unpaired) electrons. The second kappa shape index (κ2) is 10.8. The number of hydrogen-bond acceptors (Lipinski definition) is 1. The smallest absolute Gasteiger partial charge is 0.00462 e. The topological polar surface area (TPSA) is 26.0 Å². The number of nitrogens with two attached hydrogens (primary N) is 1. The molecule has 1 aliphatic carbocycles. The Balaban J connectivity index is 1.74. The van der Waals surface area contributed by atoms with Crippen molar-refractivity contribution in [2.24, 2.45) is 17.6 Å². The lowest BCUT2D eigenvalue weighted by Gasteiger charge is -2.35. The van der Waals surface area contributed by atoms with Crippen molar-refractivity contribution < 1.29 is 0 Å². The van der Waals surface area contributed by atoms with E-state index in [0.717, 1.165) is 18.4 Å². The van der Waals surface area contributed by atoms with Crippen molar-refractivity contribution in [3.63, 3.8) is 0 Å². The van der Waals surface area contributed by atoms with Crippen LogP contribution in [0.2, 0.25) is 0 Å². The van der Waals surface area contributed by atoms with Crippen molar-refractivity contribution in [2.45, 2.75) is 90.4 Å². The Morgan fingerprint density at radius 1 is 0.722 bits per heavy atom. The summed E-state index contributed by atoms with van der Waals surface area (Å²) >= 11 is 0. The average Bonchev–Trinajstić information content (AvgIpc) is 2.35. The van der Waals surface area contributed by atoms with Gasteiger partial charge in [0.2, 0.25) is 0 Å². The van der Waals surface area contributed by atoms with E-state index in [1.807, 2.05) is 0 Å². The molecule has 1 saturated carbocycles. The SMILES string of the molecule is CCCCCCCCCCCCC1CCC1CN. The van der Waals surface area contributed by atoms with Gasteiger partial charge in [-0.15, -0.1) is 0 Å². The van der Waals surface area contributed by atoms with Gasteiger partial charge < -0.3 is 5.73 Å². The molecule has 0 amide bonds. The highest BCUT2D eigenvalue weighted by molar-refractivity contribution is 4.80. The summed E-state index contributed by atoms with van der Waals surface area (Å²) in [6.45, 7) is 3.22. The molecule has 2 unspecified atom stereocenters. The quantitative estimate of drug-likeness (QED) is 0.470. The Labute approximate surface area is 115 Å². The van der Waals surface area contributed by atoms with Crippen molar-refractivity contribution in [3.8, 4) is 0 Å². The molecule has 0 aromatic rings. The summed E-state index contributed by atoms with van der Waals surface area (Å²) < 4.78 is 0. The van der Waals surface area contributed by atoms with Gasteiger partial charge in [0.05, 0.1) is 0 Å². The highest BCUT2D eigenvalue weighted by Gasteiger charge is 2.28. The normalized spacial score (nSPS) is 23.0. The minimum Gasteiger partial charge on any atom is -0.330 e. The van der Waals surface area contributed by atoms with E-state index in [9.17, 15) is 0 Å². The molecule has 1 fully saturated rings. The molecule has 0 bridgehead atoms. The van der Waals surface area contributed by atoms with E-state index < -0.39 is 0 Å². The summed E-state index contributed by atoms with van der Waals surface area (Å²) in [6, 6.07) is 0. The summed E-state index contributed by atoms with van der Waals surface area (Å²) in [5.41, 5.74) is 5.74. The van der Waals surface area contributed by atoms with E-state index in [1.165, 1.54) is 83.5 Å². The average molecular weight is 253 g/mol. The summed E-state index contributed by atoms with van der Waals surface area (Å²) in [5.74, 6) is 1.87. The monoisotopic (exact) mass is 253 g/mol. The molecule has 2 atom stereocenters. The zero-order chi connectivity index (χ0) is 13.1. The molecule has 1 aliphatic rings. The lowest BCUT2D eigenvalue weighted by Crippen LogP contribution is -2.32. The zero-order valence-electron chi connectivity index (χ0n) is 12.6. The molecular formula is C17H35N. The van der Waals surface area contributed by atoms with Crippen LogP contribution in [0.15, 0.2) is 0 Å². The van der Waals surface area contributed by atoms with Crippen LogP contribution >= 0.6 is 0 Å². The molecule has 1 nitrogen and oxygen atoms in total. The molecule has 2 N–H and O–H groups in total. The molecule has 0 aromatic heterocycles. The Morgan fingerprint density at radius 3 is 1.67 bits per heavy atom. The van der Waals surface area contributed by atoms with Crippen LogP contribution in [0, 0.1) is 11.8 Å². The minimum absolute atomic E-state index is 0.878. The van der Waals surface area contributed by atoms with Crippen LogP contribution in [-0.4, -0.2) is 6.54 Å². The Kier molecular flexibility index (Phi) is 9.65. The molecule has 0 saturated heterocycles. The van der Waals surface area contributed by atoms with Crippen molar-refractivity contribution in [3.05, 3.63) is 0 Å². The second-order valence-corrected chi connectivity index (χ2v) is 6.30. The van der Waals surface area contributed by atoms with E-state index in [0.29, 0.717) is 0 Å². The predicted molar refractivity (Wildman–Crippen MR) is 81.7 cm³/mol. The van der Waals surface area contributed by atoms with Crippen LogP contribution in [0.1, 0.15) is 90.4 Å². The minimum atomic E-state index is 0.878. The van der Waals surface area contributed by atoms with E-state index in [2.05, 4.69) is 6.92 Å². The zero-order valence-corrected chi connectivity index (χ0v) is 12.6. The first-order valence-electron chi connectivity index (χ1n) is 8.58. The lowest BCUT2D eigenvalue weighted by atomic mass is 9.71. The predicted octanol–water partition coefficient (Wildman–Crippen LogP) is 5.28. The standard InChI is InChI=1S/C17H35N/c1-2-3-4-5-6-7-8-9-10-11-12-16-13-14-17(16)15-18/h16-17H,2-15,18H2,1H3. The van der Waals surface area contributed by atoms with Crippen molar-refractivity contribution in [2.75, 3.05) is 6.54 Å². The maximum Gasteiger partial charge on any atom is -0.00462 e. The molecule has 108 valence electrons. The van der Waals surface area contributed by atoms with E-state index in [1.54, 1.807) is 0 Å². The van der Waals surface area contributed by atoms with Gasteiger partial charge in [-0.25, -0.2) is 0 Å². The Bertz CT molecular complexity index is 176. The van der Waals surface area contributed by atoms with Gasteiger partial charge in [-0.1, -0.05) is 77.6 Å². The maximum absolute atomic E-state index is 5.74. The summed E-state index contributed by atoms with van der Waals surface area (Å²) in [5, 5.41) is 0. The third kappa shape index (κ3) is 6.78. The summed E-state index contributed by atoms with van der Waals surface area (Å²) in [6.07, 6.45) is 18.8. The van der Waals surface area contributed by atoms with Gasteiger partial charge in [-0.3, -0.25) is 0 Å². The van der Waals surface area contributed by atoms with Gasteiger partial charge >= 0.3 is 0 Å². The molecule has 0 aliphatic heterocycles. The van der Waals surface area contributed by atoms with Gasteiger partial charge in [0.25, 0.3) is 0 Å². The van der Waals surface area contributed by atoms with Crippen molar-refractivity contribution in [1.82, 2.24) is 0 Å². The van der Waals surface area contributed by atoms with E-state index in [-0.39, 0.29) is 0 Å². The third-order valence-electron chi connectivity index (χ3n) is 4.81. The van der Waals surface area contributed by atoms with Crippen LogP contribution in [-0.2, 0) is 0 Å². The fourth-order valence-corrected chi connectivity index (χ4v) is 3.22. The highest BCUT2D eigenvalue weighted by Crippen LogP contribution is 2.37. The molecule has 1 rings (SSSR count). The van der Waals surface area contributed by atoms with Gasteiger partial charge in [0, 0.05) is 0 Å². The van der Waals surface area contributed by atoms with Crippen molar-refractivity contribution in [1.29, 1.82) is 0 Å². The number of hydrogen-bond donors (Lipinski definition) is 1. The Hall–Kier alpha value is -0.0400. The lowest BCUT2D eigenvalue weighted by molar-refractivity contribution is 0.167. The molecular weight excluding hydrogens is 218 g/mol. The summed E-state index contributed by atoms with van der Waals surface area (Å²) in [4.78, 5) is 0. The molecule has 1 heteroatoms. The summed E-state index contributed by atoms with van der Waals surface area (Å²) in [7, 11) is 0. The first-order valence-corrected chi connectivity index (χ1v) is 8.58. The van der Waals surface area contributed by atoms with Crippen molar-refractivity contribution >= 4 is 0 Å². The number of unbranched alkanes of at least 4 members (excludes halogenated alkanes) is 9. The number of rotatable bonds is 12. The first kappa shape index (κ1) is 16.0. The van der Waals surface area contributed by atoms with Crippen LogP contribution in [0.25, 0.3) is 0 Å². The highest BCUT2D eigenvalue weighted by atomic mass is 14.6. The van der Waals surface area contributed by atoms with Gasteiger partial charge in [-0.05, 0) is 31.2 Å². The largest absolute Gasteiger partial charge is 0.330 e. The van der Waals surface area contributed by atoms with Gasteiger partial charge in [-0.2, -0.15) is 0 Å². The molecule has 0 heterocycles. The maximum atomic E-state index is 5.74. The fraction of sp³-hybridized carbons (Fsp3) is 1.00. The van der Waals surface area contributed by atoms with Gasteiger partial charge in [0.1, 0.15) is 0 Å². The first-order chi connectivity index (χ1) is 8.88. The second-order valence-electron chi connectivity index (χ2n) is 6.30. The van der Waals surface area contributed by atoms with E-state index >= 15 is 0 Å². The van der Waals surface area contributed by atoms with Crippen LogP contribution < -0.4 is 5.73 Å². The van der Waals surface area contributed by atoms with Crippen LogP contribution in [0.5, 0.6) is 0 Å². The van der Waals surface area contributed by atoms with Crippen LogP contribution in [0.4, 0.5) is 0 Å². The molecule has 0 aromatic carbocycles.